The van der Waals surface area contributed by atoms with E-state index in [0.717, 1.165) is 0 Å². The fourth-order valence-corrected chi connectivity index (χ4v) is 0.626. The minimum atomic E-state index is 0.646. The Morgan fingerprint density at radius 2 is 2.00 bits per heavy atom. The Kier molecular flexibility index (Phi) is 2.01. The highest BCUT2D eigenvalue weighted by Gasteiger charge is 1.82. The van der Waals surface area contributed by atoms with Crippen LogP contribution < -0.4 is 3.53 Å². The van der Waals surface area contributed by atoms with Crippen LogP contribution in [0.15, 0.2) is 18.5 Å². The van der Waals surface area contributed by atoms with Crippen molar-refractivity contribution >= 4 is 28.8 Å². The average Bonchev–Trinajstić information content (AvgIpc) is 1.90. The lowest BCUT2D eigenvalue weighted by molar-refractivity contribution is 1.19. The third kappa shape index (κ3) is 1.29. The van der Waals surface area contributed by atoms with Crippen molar-refractivity contribution in [3.05, 3.63) is 18.5 Å². The molecule has 0 amide bonds. The van der Waals surface area contributed by atoms with Crippen molar-refractivity contribution in [1.29, 1.82) is 0 Å². The van der Waals surface area contributed by atoms with E-state index in [1.165, 1.54) is 0 Å². The minimum Gasteiger partial charge on any atom is -0.297 e. The minimum absolute atomic E-state index is 0.646. The lowest BCUT2D eigenvalue weighted by Gasteiger charge is -1.89. The largest absolute Gasteiger partial charge is 0.297 e. The van der Waals surface area contributed by atoms with Gasteiger partial charge in [-0.25, -0.2) is 9.97 Å². The van der Waals surface area contributed by atoms with Gasteiger partial charge in [0.15, 0.2) is 0 Å². The van der Waals surface area contributed by atoms with Gasteiger partial charge in [0.05, 0.1) is 22.9 Å². The van der Waals surface area contributed by atoms with Crippen LogP contribution in [0.25, 0.3) is 0 Å². The molecular weight excluding hydrogens is 217 g/mol. The first-order valence-electron chi connectivity index (χ1n) is 2.07. The van der Waals surface area contributed by atoms with E-state index in [2.05, 4.69) is 13.5 Å². The SMILES string of the molecule is INc1ncccn1. The van der Waals surface area contributed by atoms with Crippen LogP contribution in [0.2, 0.25) is 0 Å². The number of hydrogen-bond acceptors (Lipinski definition) is 3. The van der Waals surface area contributed by atoms with Crippen molar-refractivity contribution in [2.75, 3.05) is 3.53 Å². The molecule has 0 unspecified atom stereocenters. The molecule has 0 spiro atoms. The van der Waals surface area contributed by atoms with E-state index in [1.807, 2.05) is 22.9 Å². The standard InChI is InChI=1S/C4H4IN3/c5-8-4-6-2-1-3-7-4/h1-3H,(H,6,7,8). The summed E-state index contributed by atoms with van der Waals surface area (Å²) in [5.41, 5.74) is 0. The number of nitrogens with one attached hydrogen (secondary N) is 1. The van der Waals surface area contributed by atoms with E-state index in [-0.39, 0.29) is 0 Å². The number of halogens is 1. The van der Waals surface area contributed by atoms with Crippen molar-refractivity contribution in [3.63, 3.8) is 0 Å². The van der Waals surface area contributed by atoms with E-state index in [4.69, 9.17) is 0 Å². The summed E-state index contributed by atoms with van der Waals surface area (Å²) in [6, 6.07) is 1.78. The zero-order valence-electron chi connectivity index (χ0n) is 4.00. The van der Waals surface area contributed by atoms with Crippen LogP contribution in [0.1, 0.15) is 0 Å². The van der Waals surface area contributed by atoms with Gasteiger partial charge in [0, 0.05) is 12.4 Å². The topological polar surface area (TPSA) is 37.8 Å². The second kappa shape index (κ2) is 2.81. The summed E-state index contributed by atoms with van der Waals surface area (Å²) in [4.78, 5) is 7.74. The monoisotopic (exact) mass is 221 g/mol. The second-order valence-corrected chi connectivity index (χ2v) is 1.71. The average molecular weight is 221 g/mol. The number of aromatic nitrogens is 2. The predicted octanol–water partition coefficient (Wildman–Crippen LogP) is 1.24. The zero-order valence-corrected chi connectivity index (χ0v) is 6.16. The molecule has 0 radical (unpaired) electrons. The fraction of sp³-hybridized carbons (Fsp3) is 0. The van der Waals surface area contributed by atoms with E-state index >= 15 is 0 Å². The van der Waals surface area contributed by atoms with Crippen molar-refractivity contribution in [2.45, 2.75) is 0 Å². The summed E-state index contributed by atoms with van der Waals surface area (Å²) >= 11 is 1.98. The van der Waals surface area contributed by atoms with Crippen LogP contribution in [-0.2, 0) is 0 Å². The molecule has 3 nitrogen and oxygen atoms in total. The Morgan fingerprint density at radius 3 is 2.38 bits per heavy atom. The third-order valence-corrected chi connectivity index (χ3v) is 1.13. The van der Waals surface area contributed by atoms with Crippen LogP contribution >= 0.6 is 22.9 Å². The second-order valence-electron chi connectivity index (χ2n) is 1.17. The van der Waals surface area contributed by atoms with Gasteiger partial charge in [-0.15, -0.1) is 0 Å². The van der Waals surface area contributed by atoms with Gasteiger partial charge >= 0.3 is 0 Å². The highest BCUT2D eigenvalue weighted by atomic mass is 127. The maximum atomic E-state index is 3.87. The van der Waals surface area contributed by atoms with E-state index < -0.39 is 0 Å². The Hall–Kier alpha value is -0.390. The smallest absolute Gasteiger partial charge is 0.231 e. The molecule has 4 heteroatoms. The van der Waals surface area contributed by atoms with Crippen molar-refractivity contribution in [2.24, 2.45) is 0 Å². The molecule has 42 valence electrons. The number of rotatable bonds is 1. The molecule has 1 N–H and O–H groups in total. The Morgan fingerprint density at radius 1 is 1.38 bits per heavy atom. The first-order chi connectivity index (χ1) is 3.93. The molecule has 1 aromatic rings. The van der Waals surface area contributed by atoms with Gasteiger partial charge in [-0.2, -0.15) is 0 Å². The van der Waals surface area contributed by atoms with Crippen LogP contribution in [-0.4, -0.2) is 9.97 Å². The predicted molar refractivity (Wildman–Crippen MR) is 39.7 cm³/mol. The highest BCUT2D eigenvalue weighted by Crippen LogP contribution is 1.95. The molecule has 0 bridgehead atoms. The Balaban J connectivity index is 2.83. The molecule has 0 aliphatic heterocycles. The van der Waals surface area contributed by atoms with E-state index in [0.29, 0.717) is 5.95 Å². The molecule has 1 aromatic heterocycles. The van der Waals surface area contributed by atoms with Crippen LogP contribution in [0.5, 0.6) is 0 Å². The van der Waals surface area contributed by atoms with Gasteiger partial charge in [0.2, 0.25) is 5.95 Å². The molecule has 0 saturated carbocycles. The molecule has 1 heterocycles. The summed E-state index contributed by atoms with van der Waals surface area (Å²) in [6.45, 7) is 0. The quantitative estimate of drug-likeness (QED) is 0.572. The molecule has 0 fully saturated rings. The van der Waals surface area contributed by atoms with E-state index in [9.17, 15) is 0 Å². The van der Waals surface area contributed by atoms with Gasteiger partial charge in [-0.1, -0.05) is 0 Å². The van der Waals surface area contributed by atoms with Crippen LogP contribution in [0.3, 0.4) is 0 Å². The van der Waals surface area contributed by atoms with Gasteiger partial charge in [-0.05, 0) is 6.07 Å². The maximum Gasteiger partial charge on any atom is 0.231 e. The summed E-state index contributed by atoms with van der Waals surface area (Å²) in [7, 11) is 0. The molecule has 0 saturated heterocycles. The lowest BCUT2D eigenvalue weighted by Crippen LogP contribution is -1.85. The first-order valence-corrected chi connectivity index (χ1v) is 3.15. The molecule has 0 aliphatic rings. The summed E-state index contributed by atoms with van der Waals surface area (Å²) in [5, 5.41) is 0. The molecule has 1 rings (SSSR count). The summed E-state index contributed by atoms with van der Waals surface area (Å²) in [6.07, 6.45) is 3.38. The fourth-order valence-electron chi connectivity index (χ4n) is 0.348. The Labute approximate surface area is 61.0 Å². The summed E-state index contributed by atoms with van der Waals surface area (Å²) < 4.78 is 2.77. The van der Waals surface area contributed by atoms with Gasteiger partial charge in [0.1, 0.15) is 0 Å². The van der Waals surface area contributed by atoms with Crippen LogP contribution in [0, 0.1) is 0 Å². The third-order valence-electron chi connectivity index (χ3n) is 0.650. The van der Waals surface area contributed by atoms with Gasteiger partial charge < -0.3 is 0 Å². The molecule has 8 heavy (non-hydrogen) atoms. The highest BCUT2D eigenvalue weighted by molar-refractivity contribution is 14.1. The number of hydrogen-bond donors (Lipinski definition) is 1. The lowest BCUT2D eigenvalue weighted by atomic mass is 10.7. The molecule has 0 atom stereocenters. The molecular formula is C4H4IN3. The van der Waals surface area contributed by atoms with Crippen molar-refractivity contribution in [3.8, 4) is 0 Å². The van der Waals surface area contributed by atoms with Crippen molar-refractivity contribution in [1.82, 2.24) is 9.97 Å². The number of nitrogens with zero attached hydrogens (tertiary/aromatic N) is 2. The zero-order chi connectivity index (χ0) is 5.82. The van der Waals surface area contributed by atoms with Gasteiger partial charge in [0.25, 0.3) is 0 Å². The van der Waals surface area contributed by atoms with E-state index in [1.54, 1.807) is 18.5 Å². The number of anilines is 1. The first kappa shape index (κ1) is 5.74. The molecule has 0 aliphatic carbocycles. The summed E-state index contributed by atoms with van der Waals surface area (Å²) in [5.74, 6) is 0.646. The van der Waals surface area contributed by atoms with Gasteiger partial charge in [-0.3, -0.25) is 3.53 Å². The van der Waals surface area contributed by atoms with Crippen molar-refractivity contribution < 1.29 is 0 Å². The molecule has 0 aromatic carbocycles. The normalized spacial score (nSPS) is 8.62. The Bertz CT molecular complexity index is 153. The maximum absolute atomic E-state index is 3.87. The van der Waals surface area contributed by atoms with Crippen LogP contribution in [0.4, 0.5) is 5.95 Å².